The largest absolute Gasteiger partial charge is 0.324 e. The summed E-state index contributed by atoms with van der Waals surface area (Å²) >= 11 is 0. The second-order valence-corrected chi connectivity index (χ2v) is 3.20. The highest BCUT2D eigenvalue weighted by Crippen LogP contribution is 2.27. The van der Waals surface area contributed by atoms with Crippen LogP contribution in [0.3, 0.4) is 0 Å². The van der Waals surface area contributed by atoms with Crippen LogP contribution in [0.2, 0.25) is 0 Å². The van der Waals surface area contributed by atoms with Crippen LogP contribution in [0.1, 0.15) is 0 Å². The molecule has 0 aromatic heterocycles. The Hall–Kier alpha value is -1.87. The Morgan fingerprint density at radius 3 is 2.53 bits per heavy atom. The minimum atomic E-state index is -0.251. The van der Waals surface area contributed by atoms with E-state index < -0.39 is 0 Å². The standard InChI is InChI=1S/C12H11FN2/c13-10-5-3-4-9(8-10)11-6-1-2-7-12(11)15-14/h1-8,15H,14H2. The van der Waals surface area contributed by atoms with E-state index in [0.717, 1.165) is 16.8 Å². The lowest BCUT2D eigenvalue weighted by molar-refractivity contribution is 0.628. The molecule has 15 heavy (non-hydrogen) atoms. The lowest BCUT2D eigenvalue weighted by Gasteiger charge is -2.08. The van der Waals surface area contributed by atoms with Gasteiger partial charge >= 0.3 is 0 Å². The van der Waals surface area contributed by atoms with E-state index in [4.69, 9.17) is 5.84 Å². The second kappa shape index (κ2) is 4.11. The maximum atomic E-state index is 13.0. The fourth-order valence-electron chi connectivity index (χ4n) is 1.52. The van der Waals surface area contributed by atoms with Crippen LogP contribution in [0.15, 0.2) is 48.5 Å². The first-order valence-corrected chi connectivity index (χ1v) is 4.63. The van der Waals surface area contributed by atoms with E-state index in [9.17, 15) is 4.39 Å². The highest BCUT2D eigenvalue weighted by molar-refractivity contribution is 5.77. The van der Waals surface area contributed by atoms with Crippen LogP contribution in [0.4, 0.5) is 10.1 Å². The topological polar surface area (TPSA) is 38.0 Å². The van der Waals surface area contributed by atoms with E-state index in [0.29, 0.717) is 0 Å². The summed E-state index contributed by atoms with van der Waals surface area (Å²) in [5, 5.41) is 0. The van der Waals surface area contributed by atoms with Crippen molar-refractivity contribution in [3.05, 3.63) is 54.3 Å². The Kier molecular flexibility index (Phi) is 2.65. The predicted molar refractivity (Wildman–Crippen MR) is 59.6 cm³/mol. The molecule has 0 aliphatic carbocycles. The number of para-hydroxylation sites is 1. The summed E-state index contributed by atoms with van der Waals surface area (Å²) in [6.07, 6.45) is 0. The average Bonchev–Trinajstić information content (AvgIpc) is 2.29. The fraction of sp³-hybridized carbons (Fsp3) is 0. The smallest absolute Gasteiger partial charge is 0.123 e. The molecule has 0 fully saturated rings. The van der Waals surface area contributed by atoms with E-state index in [1.165, 1.54) is 12.1 Å². The summed E-state index contributed by atoms with van der Waals surface area (Å²) in [6.45, 7) is 0. The third-order valence-electron chi connectivity index (χ3n) is 2.22. The molecule has 0 atom stereocenters. The highest BCUT2D eigenvalue weighted by Gasteiger charge is 2.03. The normalized spacial score (nSPS) is 10.0. The van der Waals surface area contributed by atoms with Gasteiger partial charge < -0.3 is 5.43 Å². The predicted octanol–water partition coefficient (Wildman–Crippen LogP) is 2.78. The number of hydrazine groups is 1. The first-order chi connectivity index (χ1) is 7.31. The molecule has 0 aliphatic heterocycles. The molecule has 0 bridgehead atoms. The van der Waals surface area contributed by atoms with Gasteiger partial charge in [-0.3, -0.25) is 5.84 Å². The molecular weight excluding hydrogens is 191 g/mol. The molecular formula is C12H11FN2. The van der Waals surface area contributed by atoms with Crippen LogP contribution in [-0.4, -0.2) is 0 Å². The van der Waals surface area contributed by atoms with E-state index in [1.807, 2.05) is 30.3 Å². The molecule has 2 aromatic carbocycles. The Bertz CT molecular complexity index is 469. The maximum absolute atomic E-state index is 13.0. The van der Waals surface area contributed by atoms with Crippen molar-refractivity contribution in [1.82, 2.24) is 0 Å². The summed E-state index contributed by atoms with van der Waals surface area (Å²) in [5.41, 5.74) is 5.07. The van der Waals surface area contributed by atoms with Crippen LogP contribution in [0.5, 0.6) is 0 Å². The number of anilines is 1. The van der Waals surface area contributed by atoms with Gasteiger partial charge in [0.1, 0.15) is 5.82 Å². The SMILES string of the molecule is NNc1ccccc1-c1cccc(F)c1. The molecule has 0 saturated carbocycles. The number of hydrogen-bond donors (Lipinski definition) is 2. The Morgan fingerprint density at radius 1 is 1.00 bits per heavy atom. The van der Waals surface area contributed by atoms with Gasteiger partial charge in [-0.15, -0.1) is 0 Å². The third kappa shape index (κ3) is 1.97. The molecule has 0 aliphatic rings. The zero-order valence-electron chi connectivity index (χ0n) is 8.07. The van der Waals surface area contributed by atoms with Crippen LogP contribution >= 0.6 is 0 Å². The first kappa shape index (κ1) is 9.68. The number of nitrogens with two attached hydrogens (primary N) is 1. The van der Waals surface area contributed by atoms with Gasteiger partial charge in [0.2, 0.25) is 0 Å². The minimum absolute atomic E-state index is 0.251. The van der Waals surface area contributed by atoms with Crippen molar-refractivity contribution >= 4 is 5.69 Å². The lowest BCUT2D eigenvalue weighted by Crippen LogP contribution is -2.07. The van der Waals surface area contributed by atoms with Gasteiger partial charge in [0.25, 0.3) is 0 Å². The van der Waals surface area contributed by atoms with Gasteiger partial charge in [0.15, 0.2) is 0 Å². The van der Waals surface area contributed by atoms with Crippen LogP contribution < -0.4 is 11.3 Å². The van der Waals surface area contributed by atoms with Crippen molar-refractivity contribution in [3.63, 3.8) is 0 Å². The van der Waals surface area contributed by atoms with E-state index >= 15 is 0 Å². The lowest BCUT2D eigenvalue weighted by atomic mass is 10.0. The van der Waals surface area contributed by atoms with E-state index in [2.05, 4.69) is 5.43 Å². The van der Waals surface area contributed by atoms with Crippen molar-refractivity contribution < 1.29 is 4.39 Å². The van der Waals surface area contributed by atoms with Crippen molar-refractivity contribution in [2.45, 2.75) is 0 Å². The van der Waals surface area contributed by atoms with Gasteiger partial charge in [0.05, 0.1) is 5.69 Å². The molecule has 0 amide bonds. The Labute approximate surface area is 87.5 Å². The number of benzene rings is 2. The van der Waals surface area contributed by atoms with Gasteiger partial charge in [-0.2, -0.15) is 0 Å². The number of rotatable bonds is 2. The van der Waals surface area contributed by atoms with Crippen LogP contribution in [0.25, 0.3) is 11.1 Å². The van der Waals surface area contributed by atoms with Gasteiger partial charge in [-0.25, -0.2) is 4.39 Å². The Balaban J connectivity index is 2.53. The van der Waals surface area contributed by atoms with Crippen molar-refractivity contribution in [3.8, 4) is 11.1 Å². The van der Waals surface area contributed by atoms with Gasteiger partial charge in [-0.05, 0) is 23.8 Å². The number of hydrogen-bond acceptors (Lipinski definition) is 2. The van der Waals surface area contributed by atoms with Gasteiger partial charge in [0, 0.05) is 5.56 Å². The molecule has 2 aromatic rings. The summed E-state index contributed by atoms with van der Waals surface area (Å²) in [7, 11) is 0. The van der Waals surface area contributed by atoms with Crippen molar-refractivity contribution in [1.29, 1.82) is 0 Å². The third-order valence-corrected chi connectivity index (χ3v) is 2.22. The maximum Gasteiger partial charge on any atom is 0.123 e. The molecule has 0 radical (unpaired) electrons. The average molecular weight is 202 g/mol. The summed E-state index contributed by atoms with van der Waals surface area (Å²) in [5.74, 6) is 5.13. The van der Waals surface area contributed by atoms with Crippen LogP contribution in [0, 0.1) is 5.82 Å². The molecule has 0 spiro atoms. The molecule has 76 valence electrons. The monoisotopic (exact) mass is 202 g/mol. The van der Waals surface area contributed by atoms with Crippen molar-refractivity contribution in [2.75, 3.05) is 5.43 Å². The quantitative estimate of drug-likeness (QED) is 0.580. The van der Waals surface area contributed by atoms with E-state index in [1.54, 1.807) is 6.07 Å². The molecule has 3 heteroatoms. The molecule has 2 nitrogen and oxygen atoms in total. The Morgan fingerprint density at radius 2 is 1.80 bits per heavy atom. The molecule has 3 N–H and O–H groups in total. The fourth-order valence-corrected chi connectivity index (χ4v) is 1.52. The zero-order chi connectivity index (χ0) is 10.7. The van der Waals surface area contributed by atoms with Crippen LogP contribution in [-0.2, 0) is 0 Å². The summed E-state index contributed by atoms with van der Waals surface area (Å²) < 4.78 is 13.0. The first-order valence-electron chi connectivity index (χ1n) is 4.63. The number of nitrogens with one attached hydrogen (secondary N) is 1. The van der Waals surface area contributed by atoms with E-state index in [-0.39, 0.29) is 5.82 Å². The number of nitrogen functional groups attached to an aromatic ring is 1. The van der Waals surface area contributed by atoms with Crippen molar-refractivity contribution in [2.24, 2.45) is 5.84 Å². The molecule has 0 heterocycles. The zero-order valence-corrected chi connectivity index (χ0v) is 8.07. The molecule has 0 saturated heterocycles. The summed E-state index contributed by atoms with van der Waals surface area (Å²) in [6, 6.07) is 13.9. The minimum Gasteiger partial charge on any atom is -0.324 e. The summed E-state index contributed by atoms with van der Waals surface area (Å²) in [4.78, 5) is 0. The molecule has 0 unspecified atom stereocenters. The number of halogens is 1. The van der Waals surface area contributed by atoms with Gasteiger partial charge in [-0.1, -0.05) is 30.3 Å². The molecule has 2 rings (SSSR count). The highest BCUT2D eigenvalue weighted by atomic mass is 19.1. The second-order valence-electron chi connectivity index (χ2n) is 3.20.